The number of aliphatic hydroxyl groups excluding tert-OH is 1. The zero-order valence-corrected chi connectivity index (χ0v) is 15.0. The van der Waals surface area contributed by atoms with Crippen LogP contribution in [0.4, 0.5) is 0 Å². The van der Waals surface area contributed by atoms with Crippen molar-refractivity contribution in [2.24, 2.45) is 0 Å². The molecule has 2 heterocycles. The Balaban J connectivity index is 1.63. The summed E-state index contributed by atoms with van der Waals surface area (Å²) in [6.45, 7) is 5.09. The third-order valence-electron chi connectivity index (χ3n) is 4.51. The van der Waals surface area contributed by atoms with Gasteiger partial charge in [-0.3, -0.25) is 4.90 Å². The van der Waals surface area contributed by atoms with Gasteiger partial charge in [0.1, 0.15) is 0 Å². The summed E-state index contributed by atoms with van der Waals surface area (Å²) in [6, 6.07) is 14.6. The molecular weight excluding hydrogens is 320 g/mol. The van der Waals surface area contributed by atoms with Crippen molar-refractivity contribution < 1.29 is 9.84 Å². The minimum absolute atomic E-state index is 0.363. The van der Waals surface area contributed by atoms with Crippen molar-refractivity contribution in [2.75, 3.05) is 46.4 Å². The van der Waals surface area contributed by atoms with Crippen molar-refractivity contribution in [3.05, 3.63) is 58.3 Å². The average molecular weight is 346 g/mol. The molecule has 130 valence electrons. The van der Waals surface area contributed by atoms with Gasteiger partial charge in [0.2, 0.25) is 0 Å². The normalized spacial score (nSPS) is 18.6. The smallest absolute Gasteiger partial charge is 0.0916 e. The van der Waals surface area contributed by atoms with Crippen LogP contribution in [0, 0.1) is 0 Å². The predicted octanol–water partition coefficient (Wildman–Crippen LogP) is 2.79. The van der Waals surface area contributed by atoms with Gasteiger partial charge < -0.3 is 14.7 Å². The number of hydrogen-bond donors (Lipinski definition) is 1. The minimum atomic E-state index is -0.454. The highest BCUT2D eigenvalue weighted by atomic mass is 32.1. The molecule has 0 spiro atoms. The molecular formula is C19H26N2O2S. The maximum atomic E-state index is 10.5. The zero-order chi connectivity index (χ0) is 16.8. The van der Waals surface area contributed by atoms with E-state index < -0.39 is 6.10 Å². The second-order valence-electron chi connectivity index (χ2n) is 6.33. The lowest BCUT2D eigenvalue weighted by Gasteiger charge is -2.36. The molecule has 2 aromatic rings. The summed E-state index contributed by atoms with van der Waals surface area (Å²) in [7, 11) is 2.09. The molecule has 5 heteroatoms. The highest BCUT2D eigenvalue weighted by Gasteiger charge is 2.25. The number of rotatable bonds is 7. The molecule has 2 atom stereocenters. The monoisotopic (exact) mass is 346 g/mol. The summed E-state index contributed by atoms with van der Waals surface area (Å²) < 4.78 is 5.50. The third-order valence-corrected chi connectivity index (χ3v) is 5.49. The van der Waals surface area contributed by atoms with Crippen LogP contribution in [0.3, 0.4) is 0 Å². The molecule has 1 saturated heterocycles. The molecule has 0 bridgehead atoms. The van der Waals surface area contributed by atoms with E-state index in [2.05, 4.69) is 34.4 Å². The Kier molecular flexibility index (Phi) is 6.40. The molecule has 0 saturated carbocycles. The first-order valence-electron chi connectivity index (χ1n) is 8.51. The highest BCUT2D eigenvalue weighted by molar-refractivity contribution is 7.10. The molecule has 1 aliphatic rings. The van der Waals surface area contributed by atoms with Gasteiger partial charge in [0, 0.05) is 31.1 Å². The van der Waals surface area contributed by atoms with Gasteiger partial charge in [-0.2, -0.15) is 0 Å². The van der Waals surface area contributed by atoms with E-state index in [1.807, 2.05) is 41.7 Å². The summed E-state index contributed by atoms with van der Waals surface area (Å²) in [6.07, 6.45) is -0.454. The lowest BCUT2D eigenvalue weighted by atomic mass is 10.1. The molecule has 1 aliphatic heterocycles. The van der Waals surface area contributed by atoms with Gasteiger partial charge in [-0.05, 0) is 24.1 Å². The van der Waals surface area contributed by atoms with Crippen LogP contribution in [0.15, 0.2) is 47.8 Å². The molecule has 1 fully saturated rings. The van der Waals surface area contributed by atoms with Crippen LogP contribution in [0.2, 0.25) is 0 Å². The van der Waals surface area contributed by atoms with Crippen molar-refractivity contribution in [1.29, 1.82) is 0 Å². The molecule has 4 nitrogen and oxygen atoms in total. The van der Waals surface area contributed by atoms with Crippen LogP contribution in [0.25, 0.3) is 0 Å². The largest absolute Gasteiger partial charge is 0.387 e. The Labute approximate surface area is 148 Å². The van der Waals surface area contributed by atoms with Crippen molar-refractivity contribution in [3.63, 3.8) is 0 Å². The minimum Gasteiger partial charge on any atom is -0.387 e. The maximum absolute atomic E-state index is 10.5. The predicted molar refractivity (Wildman–Crippen MR) is 98.4 cm³/mol. The molecule has 1 N–H and O–H groups in total. The molecule has 0 aliphatic carbocycles. The Bertz CT molecular complexity index is 585. The second kappa shape index (κ2) is 8.74. The first-order valence-corrected chi connectivity index (χ1v) is 9.39. The van der Waals surface area contributed by atoms with E-state index >= 15 is 0 Å². The fourth-order valence-electron chi connectivity index (χ4n) is 3.20. The Hall–Kier alpha value is -1.24. The third kappa shape index (κ3) is 4.65. The van der Waals surface area contributed by atoms with Gasteiger partial charge in [-0.25, -0.2) is 0 Å². The summed E-state index contributed by atoms with van der Waals surface area (Å²) in [5.41, 5.74) is 0.975. The molecule has 1 aromatic heterocycles. The topological polar surface area (TPSA) is 35.9 Å². The average Bonchev–Trinajstić information content (AvgIpc) is 3.15. The van der Waals surface area contributed by atoms with Gasteiger partial charge in [0.25, 0.3) is 0 Å². The van der Waals surface area contributed by atoms with E-state index in [9.17, 15) is 5.11 Å². The van der Waals surface area contributed by atoms with E-state index in [-0.39, 0.29) is 0 Å². The molecule has 3 rings (SSSR count). The van der Waals surface area contributed by atoms with Gasteiger partial charge in [-0.15, -0.1) is 11.3 Å². The summed E-state index contributed by atoms with van der Waals surface area (Å²) in [5, 5.41) is 12.6. The standard InChI is InChI=1S/C19H26N2O2S/c1-20(15-18(22)16-6-3-2-4-7-16)14-17(19-8-5-13-24-19)21-9-11-23-12-10-21/h2-8,13,17-18,22H,9-12,14-15H2,1H3/t17-,18-/m1/s1. The summed E-state index contributed by atoms with van der Waals surface area (Å²) in [5.74, 6) is 0. The summed E-state index contributed by atoms with van der Waals surface area (Å²) >= 11 is 1.81. The molecule has 0 radical (unpaired) electrons. The van der Waals surface area contributed by atoms with Crippen molar-refractivity contribution in [2.45, 2.75) is 12.1 Å². The number of thiophene rings is 1. The van der Waals surface area contributed by atoms with E-state index in [1.54, 1.807) is 0 Å². The number of hydrogen-bond acceptors (Lipinski definition) is 5. The number of morpholine rings is 1. The maximum Gasteiger partial charge on any atom is 0.0916 e. The number of ether oxygens (including phenoxy) is 1. The van der Waals surface area contributed by atoms with Crippen LogP contribution in [0.1, 0.15) is 22.6 Å². The lowest BCUT2D eigenvalue weighted by Crippen LogP contribution is -2.43. The fraction of sp³-hybridized carbons (Fsp3) is 0.474. The Morgan fingerprint density at radius 2 is 1.88 bits per heavy atom. The number of benzene rings is 1. The van der Waals surface area contributed by atoms with Crippen LogP contribution in [-0.4, -0.2) is 61.3 Å². The number of nitrogens with zero attached hydrogens (tertiary/aromatic N) is 2. The number of likely N-dealkylation sites (N-methyl/N-ethyl adjacent to an activating group) is 1. The van der Waals surface area contributed by atoms with Crippen molar-refractivity contribution >= 4 is 11.3 Å². The number of aliphatic hydroxyl groups is 1. The molecule has 0 unspecified atom stereocenters. The molecule has 24 heavy (non-hydrogen) atoms. The van der Waals surface area contributed by atoms with E-state index in [1.165, 1.54) is 4.88 Å². The van der Waals surface area contributed by atoms with E-state index in [0.717, 1.165) is 38.4 Å². The van der Waals surface area contributed by atoms with Crippen molar-refractivity contribution in [1.82, 2.24) is 9.80 Å². The van der Waals surface area contributed by atoms with Gasteiger partial charge >= 0.3 is 0 Å². The first kappa shape index (κ1) is 17.6. The van der Waals surface area contributed by atoms with Crippen LogP contribution < -0.4 is 0 Å². The fourth-order valence-corrected chi connectivity index (χ4v) is 4.05. The quantitative estimate of drug-likeness (QED) is 0.836. The zero-order valence-electron chi connectivity index (χ0n) is 14.2. The lowest BCUT2D eigenvalue weighted by molar-refractivity contribution is 0.00692. The van der Waals surface area contributed by atoms with Crippen LogP contribution in [0.5, 0.6) is 0 Å². The molecule has 0 amide bonds. The van der Waals surface area contributed by atoms with E-state index in [0.29, 0.717) is 12.6 Å². The van der Waals surface area contributed by atoms with Gasteiger partial charge in [0.15, 0.2) is 0 Å². The summed E-state index contributed by atoms with van der Waals surface area (Å²) in [4.78, 5) is 6.12. The Morgan fingerprint density at radius 3 is 2.54 bits per heavy atom. The van der Waals surface area contributed by atoms with Crippen molar-refractivity contribution in [3.8, 4) is 0 Å². The van der Waals surface area contributed by atoms with E-state index in [4.69, 9.17) is 4.74 Å². The van der Waals surface area contributed by atoms with Gasteiger partial charge in [0.05, 0.1) is 25.4 Å². The first-order chi connectivity index (χ1) is 11.7. The van der Waals surface area contributed by atoms with Gasteiger partial charge in [-0.1, -0.05) is 36.4 Å². The second-order valence-corrected chi connectivity index (χ2v) is 7.31. The highest BCUT2D eigenvalue weighted by Crippen LogP contribution is 2.27. The SMILES string of the molecule is CN(C[C@@H](O)c1ccccc1)C[C@H](c1cccs1)N1CCOCC1. The Morgan fingerprint density at radius 1 is 1.12 bits per heavy atom. The van der Waals surface area contributed by atoms with Crippen LogP contribution >= 0.6 is 11.3 Å². The molecule has 1 aromatic carbocycles. The van der Waals surface area contributed by atoms with Crippen LogP contribution in [-0.2, 0) is 4.74 Å².